The van der Waals surface area contributed by atoms with E-state index >= 15 is 0 Å². The molecule has 1 heterocycles. The van der Waals surface area contributed by atoms with E-state index < -0.39 is 6.10 Å². The molecule has 0 aliphatic rings. The molecule has 0 spiro atoms. The van der Waals surface area contributed by atoms with E-state index in [0.29, 0.717) is 18.5 Å². The Kier molecular flexibility index (Phi) is 4.35. The molecule has 0 fully saturated rings. The summed E-state index contributed by atoms with van der Waals surface area (Å²) in [6.07, 6.45) is 1.36. The van der Waals surface area contributed by atoms with Crippen molar-refractivity contribution in [2.45, 2.75) is 18.9 Å². The van der Waals surface area contributed by atoms with E-state index in [1.807, 2.05) is 18.2 Å². The van der Waals surface area contributed by atoms with Gasteiger partial charge in [-0.3, -0.25) is 4.79 Å². The Labute approximate surface area is 110 Å². The van der Waals surface area contributed by atoms with Crippen LogP contribution in [0.2, 0.25) is 0 Å². The lowest BCUT2D eigenvalue weighted by atomic mass is 10.2. The number of aromatic nitrogens is 1. The molecule has 0 saturated carbocycles. The lowest BCUT2D eigenvalue weighted by Gasteiger charge is -2.12. The Morgan fingerprint density at radius 3 is 3.21 bits per heavy atom. The fraction of sp³-hybridized carbons (Fsp3) is 0.385. The number of hydrogen-bond donors (Lipinski definition) is 2. The third kappa shape index (κ3) is 3.69. The first-order chi connectivity index (χ1) is 9.19. The van der Waals surface area contributed by atoms with Crippen molar-refractivity contribution in [3.63, 3.8) is 0 Å². The highest BCUT2D eigenvalue weighted by Crippen LogP contribution is 2.17. The smallest absolute Gasteiger partial charge is 0.305 e. The summed E-state index contributed by atoms with van der Waals surface area (Å²) in [6.45, 7) is 0.358. The van der Waals surface area contributed by atoms with Crippen LogP contribution in [0.4, 0.5) is 5.69 Å². The minimum Gasteiger partial charge on any atom is -0.469 e. The highest BCUT2D eigenvalue weighted by molar-refractivity contribution is 5.76. The highest BCUT2D eigenvalue weighted by atomic mass is 16.5. The molecule has 6 heteroatoms. The van der Waals surface area contributed by atoms with Gasteiger partial charge in [0.2, 0.25) is 0 Å². The molecule has 1 aromatic heterocycles. The zero-order valence-corrected chi connectivity index (χ0v) is 10.6. The molecule has 0 amide bonds. The Hall–Kier alpha value is -2.08. The number of rotatable bonds is 6. The van der Waals surface area contributed by atoms with Gasteiger partial charge in [-0.15, -0.1) is 0 Å². The van der Waals surface area contributed by atoms with Gasteiger partial charge in [-0.05, 0) is 18.6 Å². The number of nitrogens with zero attached hydrogens (tertiary/aromatic N) is 1. The topological polar surface area (TPSA) is 84.6 Å². The zero-order chi connectivity index (χ0) is 13.7. The SMILES string of the molecule is COC(=O)CCC(O)CNc1ccc2ncoc2c1. The first-order valence-electron chi connectivity index (χ1n) is 6.01. The molecule has 2 N–H and O–H groups in total. The maximum atomic E-state index is 10.9. The number of esters is 1. The second kappa shape index (κ2) is 6.19. The molecule has 2 rings (SSSR count). The molecule has 1 aromatic carbocycles. The number of oxazole rings is 1. The fourth-order valence-corrected chi connectivity index (χ4v) is 1.69. The minimum atomic E-state index is -0.607. The van der Waals surface area contributed by atoms with Crippen LogP contribution in [0.5, 0.6) is 0 Å². The predicted molar refractivity (Wildman–Crippen MR) is 69.8 cm³/mol. The number of aliphatic hydroxyl groups excluding tert-OH is 1. The number of fused-ring (bicyclic) bond motifs is 1. The fourth-order valence-electron chi connectivity index (χ4n) is 1.69. The van der Waals surface area contributed by atoms with Gasteiger partial charge in [0.25, 0.3) is 0 Å². The number of carbonyl (C=O) groups is 1. The first kappa shape index (κ1) is 13.4. The maximum Gasteiger partial charge on any atom is 0.305 e. The van der Waals surface area contributed by atoms with Crippen molar-refractivity contribution < 1.29 is 19.1 Å². The van der Waals surface area contributed by atoms with Gasteiger partial charge in [0.05, 0.1) is 13.2 Å². The monoisotopic (exact) mass is 264 g/mol. The molecule has 1 unspecified atom stereocenters. The van der Waals surface area contributed by atoms with Crippen LogP contribution in [-0.4, -0.2) is 35.8 Å². The molecular weight excluding hydrogens is 248 g/mol. The first-order valence-corrected chi connectivity index (χ1v) is 6.01. The number of aliphatic hydroxyl groups is 1. The van der Waals surface area contributed by atoms with E-state index in [4.69, 9.17) is 4.42 Å². The Bertz CT molecular complexity index is 552. The summed E-state index contributed by atoms with van der Waals surface area (Å²) < 4.78 is 9.70. The second-order valence-corrected chi connectivity index (χ2v) is 4.18. The van der Waals surface area contributed by atoms with Crippen LogP contribution >= 0.6 is 0 Å². The summed E-state index contributed by atoms with van der Waals surface area (Å²) in [7, 11) is 1.33. The van der Waals surface area contributed by atoms with Crippen LogP contribution in [0, 0.1) is 0 Å². The highest BCUT2D eigenvalue weighted by Gasteiger charge is 2.08. The van der Waals surface area contributed by atoms with Crippen molar-refractivity contribution in [1.29, 1.82) is 0 Å². The number of nitrogens with one attached hydrogen (secondary N) is 1. The van der Waals surface area contributed by atoms with Gasteiger partial charge < -0.3 is 19.6 Å². The average molecular weight is 264 g/mol. The normalized spacial score (nSPS) is 12.3. The van der Waals surface area contributed by atoms with Crippen molar-refractivity contribution in [3.05, 3.63) is 24.6 Å². The van der Waals surface area contributed by atoms with Gasteiger partial charge in [-0.2, -0.15) is 0 Å². The standard InChI is InChI=1S/C13H16N2O4/c1-18-13(17)5-3-10(16)7-14-9-2-4-11-12(6-9)19-8-15-11/h2,4,6,8,10,14,16H,3,5,7H2,1H3. The third-order valence-electron chi connectivity index (χ3n) is 2.78. The lowest BCUT2D eigenvalue weighted by molar-refractivity contribution is -0.141. The quantitative estimate of drug-likeness (QED) is 0.770. The molecule has 102 valence electrons. The molecule has 19 heavy (non-hydrogen) atoms. The van der Waals surface area contributed by atoms with Gasteiger partial charge >= 0.3 is 5.97 Å². The Morgan fingerprint density at radius 1 is 1.58 bits per heavy atom. The lowest BCUT2D eigenvalue weighted by Crippen LogP contribution is -2.20. The molecule has 1 atom stereocenters. The van der Waals surface area contributed by atoms with E-state index in [0.717, 1.165) is 11.2 Å². The minimum absolute atomic E-state index is 0.209. The van der Waals surface area contributed by atoms with E-state index in [2.05, 4.69) is 15.0 Å². The van der Waals surface area contributed by atoms with Gasteiger partial charge in [0.1, 0.15) is 5.52 Å². The largest absolute Gasteiger partial charge is 0.469 e. The number of carbonyl (C=O) groups excluding carboxylic acids is 1. The van der Waals surface area contributed by atoms with Gasteiger partial charge in [-0.25, -0.2) is 4.98 Å². The molecule has 2 aromatic rings. The summed E-state index contributed by atoms with van der Waals surface area (Å²) >= 11 is 0. The molecular formula is C13H16N2O4. The molecule has 0 aliphatic heterocycles. The predicted octanol–water partition coefficient (Wildman–Crippen LogP) is 1.55. The van der Waals surface area contributed by atoms with E-state index in [1.165, 1.54) is 13.5 Å². The van der Waals surface area contributed by atoms with Crippen LogP contribution in [0.15, 0.2) is 29.0 Å². The molecule has 6 nitrogen and oxygen atoms in total. The van der Waals surface area contributed by atoms with Gasteiger partial charge in [-0.1, -0.05) is 0 Å². The number of methoxy groups -OCH3 is 1. The summed E-state index contributed by atoms with van der Waals surface area (Å²) in [5.41, 5.74) is 2.31. The number of benzene rings is 1. The summed E-state index contributed by atoms with van der Waals surface area (Å²) in [6, 6.07) is 5.51. The van der Waals surface area contributed by atoms with Crippen LogP contribution in [0.25, 0.3) is 11.1 Å². The second-order valence-electron chi connectivity index (χ2n) is 4.18. The Morgan fingerprint density at radius 2 is 2.42 bits per heavy atom. The summed E-state index contributed by atoms with van der Waals surface area (Å²) in [5, 5.41) is 12.8. The number of anilines is 1. The van der Waals surface area contributed by atoms with Crippen LogP contribution < -0.4 is 5.32 Å². The maximum absolute atomic E-state index is 10.9. The third-order valence-corrected chi connectivity index (χ3v) is 2.78. The van der Waals surface area contributed by atoms with Gasteiger partial charge in [0.15, 0.2) is 12.0 Å². The summed E-state index contributed by atoms with van der Waals surface area (Å²) in [4.78, 5) is 15.0. The average Bonchev–Trinajstić information content (AvgIpc) is 2.89. The zero-order valence-electron chi connectivity index (χ0n) is 10.6. The van der Waals surface area contributed by atoms with Crippen molar-refractivity contribution in [1.82, 2.24) is 4.98 Å². The van der Waals surface area contributed by atoms with Crippen molar-refractivity contribution in [2.24, 2.45) is 0 Å². The van der Waals surface area contributed by atoms with Crippen LogP contribution in [-0.2, 0) is 9.53 Å². The number of ether oxygens (including phenoxy) is 1. The van der Waals surface area contributed by atoms with Crippen LogP contribution in [0.1, 0.15) is 12.8 Å². The van der Waals surface area contributed by atoms with E-state index in [9.17, 15) is 9.90 Å². The van der Waals surface area contributed by atoms with E-state index in [1.54, 1.807) is 0 Å². The molecule has 0 radical (unpaired) electrons. The van der Waals surface area contributed by atoms with E-state index in [-0.39, 0.29) is 12.4 Å². The van der Waals surface area contributed by atoms with Crippen molar-refractivity contribution in [3.8, 4) is 0 Å². The van der Waals surface area contributed by atoms with Crippen molar-refractivity contribution in [2.75, 3.05) is 19.0 Å². The molecule has 0 aliphatic carbocycles. The Balaban J connectivity index is 1.82. The molecule has 0 bridgehead atoms. The number of hydrogen-bond acceptors (Lipinski definition) is 6. The van der Waals surface area contributed by atoms with Gasteiger partial charge in [0, 0.05) is 24.7 Å². The molecule has 0 saturated heterocycles. The van der Waals surface area contributed by atoms with Crippen molar-refractivity contribution >= 4 is 22.8 Å². The summed E-state index contributed by atoms with van der Waals surface area (Å²) in [5.74, 6) is -0.317. The van der Waals surface area contributed by atoms with Crippen LogP contribution in [0.3, 0.4) is 0 Å².